The van der Waals surface area contributed by atoms with E-state index >= 15 is 0 Å². The summed E-state index contributed by atoms with van der Waals surface area (Å²) in [7, 11) is 2.35. The smallest absolute Gasteiger partial charge is 0.438 e. The molecule has 0 aromatic rings. The lowest BCUT2D eigenvalue weighted by atomic mass is 10.1. The molecule has 0 rings (SSSR count). The minimum atomic E-state index is -0.967. The average Bonchev–Trinajstić information content (AvgIpc) is 2.68. The third-order valence-corrected chi connectivity index (χ3v) is 3.96. The van der Waals surface area contributed by atoms with Crippen molar-refractivity contribution in [2.24, 2.45) is 0 Å². The van der Waals surface area contributed by atoms with Gasteiger partial charge in [-0.2, -0.15) is 0 Å². The fourth-order valence-corrected chi connectivity index (χ4v) is 2.50. The van der Waals surface area contributed by atoms with Gasteiger partial charge in [-0.15, -0.1) is 0 Å². The molecule has 2 unspecified atom stereocenters. The highest BCUT2D eigenvalue weighted by atomic mass is 16.8. The van der Waals surface area contributed by atoms with Crippen molar-refractivity contribution in [1.29, 1.82) is 0 Å². The lowest BCUT2D eigenvalue weighted by Gasteiger charge is -2.13. The lowest BCUT2D eigenvalue weighted by Crippen LogP contribution is -2.21. The van der Waals surface area contributed by atoms with Gasteiger partial charge in [-0.3, -0.25) is 9.59 Å². The molecule has 10 heteroatoms. The molecule has 0 N–H and O–H groups in total. The number of hydrogen-bond acceptors (Lipinski definition) is 10. The Balaban J connectivity index is 3.51. The predicted molar refractivity (Wildman–Crippen MR) is 104 cm³/mol. The number of carbonyl (C=O) groups excluding carboxylic acids is 4. The lowest BCUT2D eigenvalue weighted by molar-refractivity contribution is -0.169. The van der Waals surface area contributed by atoms with Gasteiger partial charge in [0.2, 0.25) is 12.6 Å². The zero-order valence-electron chi connectivity index (χ0n) is 18.3. The van der Waals surface area contributed by atoms with E-state index in [1.54, 1.807) is 0 Å². The maximum atomic E-state index is 11.6. The summed E-state index contributed by atoms with van der Waals surface area (Å²) in [5.41, 5.74) is 0. The summed E-state index contributed by atoms with van der Waals surface area (Å²) in [4.78, 5) is 44.9. The molecule has 174 valence electrons. The molecule has 0 saturated heterocycles. The second-order valence-electron chi connectivity index (χ2n) is 6.59. The summed E-state index contributed by atoms with van der Waals surface area (Å²) in [6.07, 6.45) is 4.17. The minimum Gasteiger partial charge on any atom is -0.438 e. The van der Waals surface area contributed by atoms with E-state index in [1.165, 1.54) is 28.1 Å². The maximum absolute atomic E-state index is 11.6. The first kappa shape index (κ1) is 27.5. The van der Waals surface area contributed by atoms with Gasteiger partial charge >= 0.3 is 24.2 Å². The molecular weight excluding hydrogens is 400 g/mol. The Hall–Kier alpha value is -2.52. The highest BCUT2D eigenvalue weighted by Crippen LogP contribution is 2.12. The summed E-state index contributed by atoms with van der Waals surface area (Å²) in [6.45, 7) is 2.90. The van der Waals surface area contributed by atoms with Crippen LogP contribution in [-0.2, 0) is 38.0 Å². The summed E-state index contributed by atoms with van der Waals surface area (Å²) < 4.78 is 27.8. The third kappa shape index (κ3) is 16.4. The van der Waals surface area contributed by atoms with E-state index in [-0.39, 0.29) is 12.8 Å². The van der Waals surface area contributed by atoms with Crippen LogP contribution in [0.1, 0.15) is 78.1 Å². The van der Waals surface area contributed by atoms with E-state index in [0.717, 1.165) is 38.5 Å². The summed E-state index contributed by atoms with van der Waals surface area (Å²) >= 11 is 0. The van der Waals surface area contributed by atoms with Crippen LogP contribution in [0.4, 0.5) is 9.59 Å². The van der Waals surface area contributed by atoms with Crippen LogP contribution in [0.2, 0.25) is 0 Å². The van der Waals surface area contributed by atoms with Crippen LogP contribution in [0.25, 0.3) is 0 Å². The molecule has 2 atom stereocenters. The first-order chi connectivity index (χ1) is 14.3. The zero-order chi connectivity index (χ0) is 22.8. The van der Waals surface area contributed by atoms with Crippen LogP contribution in [0, 0.1) is 0 Å². The van der Waals surface area contributed by atoms with Crippen LogP contribution in [0.15, 0.2) is 0 Å². The monoisotopic (exact) mass is 434 g/mol. The largest absolute Gasteiger partial charge is 0.511 e. The maximum Gasteiger partial charge on any atom is 0.511 e. The van der Waals surface area contributed by atoms with E-state index in [2.05, 4.69) is 18.9 Å². The number of unbranched alkanes of at least 4 members (excludes halogenated alkanes) is 7. The van der Waals surface area contributed by atoms with Crippen molar-refractivity contribution in [1.82, 2.24) is 0 Å². The number of carbonyl (C=O) groups is 4. The topological polar surface area (TPSA) is 124 Å². The molecule has 0 amide bonds. The molecule has 0 saturated carbocycles. The van der Waals surface area contributed by atoms with Crippen molar-refractivity contribution in [2.75, 3.05) is 14.2 Å². The number of hydrogen-bond donors (Lipinski definition) is 0. The number of rotatable bonds is 15. The van der Waals surface area contributed by atoms with Crippen LogP contribution >= 0.6 is 0 Å². The van der Waals surface area contributed by atoms with Crippen molar-refractivity contribution >= 4 is 24.2 Å². The Morgan fingerprint density at radius 2 is 0.833 bits per heavy atom. The van der Waals surface area contributed by atoms with E-state index in [1.807, 2.05) is 0 Å². The minimum absolute atomic E-state index is 0.273. The van der Waals surface area contributed by atoms with Gasteiger partial charge in [0.05, 0.1) is 14.2 Å². The fraction of sp³-hybridized carbons (Fsp3) is 0.800. The van der Waals surface area contributed by atoms with Crippen LogP contribution in [0.5, 0.6) is 0 Å². The molecule has 30 heavy (non-hydrogen) atoms. The Labute approximate surface area is 177 Å². The van der Waals surface area contributed by atoms with Crippen molar-refractivity contribution in [3.8, 4) is 0 Å². The van der Waals surface area contributed by atoms with Crippen LogP contribution in [0.3, 0.4) is 0 Å². The molecule has 10 nitrogen and oxygen atoms in total. The van der Waals surface area contributed by atoms with Gasteiger partial charge in [-0.05, 0) is 12.8 Å². The SMILES string of the molecule is COC(=O)OC(C)OC(=O)CCCCCCCCCCC(=O)OC(C)OC(=O)OC. The van der Waals surface area contributed by atoms with Crippen molar-refractivity contribution in [3.05, 3.63) is 0 Å². The van der Waals surface area contributed by atoms with Crippen molar-refractivity contribution in [2.45, 2.75) is 90.6 Å². The zero-order valence-corrected chi connectivity index (χ0v) is 18.3. The van der Waals surface area contributed by atoms with Gasteiger partial charge in [0.25, 0.3) is 0 Å². The van der Waals surface area contributed by atoms with Gasteiger partial charge < -0.3 is 28.4 Å². The van der Waals surface area contributed by atoms with Gasteiger partial charge in [0.15, 0.2) is 0 Å². The van der Waals surface area contributed by atoms with Gasteiger partial charge in [-0.25, -0.2) is 9.59 Å². The molecular formula is C20H34O10. The summed E-state index contributed by atoms with van der Waals surface area (Å²) in [5, 5.41) is 0. The first-order valence-electron chi connectivity index (χ1n) is 10.2. The highest BCUT2D eigenvalue weighted by molar-refractivity contribution is 5.70. The van der Waals surface area contributed by atoms with Gasteiger partial charge in [0.1, 0.15) is 0 Å². The Bertz CT molecular complexity index is 474. The molecule has 0 aromatic carbocycles. The first-order valence-corrected chi connectivity index (χ1v) is 10.2. The van der Waals surface area contributed by atoms with Crippen LogP contribution in [-0.4, -0.2) is 51.0 Å². The molecule has 0 heterocycles. The van der Waals surface area contributed by atoms with E-state index < -0.39 is 36.8 Å². The molecule has 0 aromatic heterocycles. The van der Waals surface area contributed by atoms with Gasteiger partial charge in [0, 0.05) is 26.7 Å². The molecule has 0 fully saturated rings. The van der Waals surface area contributed by atoms with E-state index in [9.17, 15) is 19.2 Å². The molecule has 0 aliphatic carbocycles. The normalized spacial score (nSPS) is 12.3. The molecule has 0 bridgehead atoms. The summed E-state index contributed by atoms with van der Waals surface area (Å²) in [6, 6.07) is 0. The Morgan fingerprint density at radius 3 is 1.13 bits per heavy atom. The Kier molecular flexibility index (Phi) is 15.9. The van der Waals surface area contributed by atoms with Crippen LogP contribution < -0.4 is 0 Å². The Morgan fingerprint density at radius 1 is 0.533 bits per heavy atom. The molecule has 0 aliphatic heterocycles. The number of ether oxygens (including phenoxy) is 6. The predicted octanol–water partition coefficient (Wildman–Crippen LogP) is 4.23. The number of esters is 2. The number of methoxy groups -OCH3 is 2. The summed E-state index contributed by atoms with van der Waals surface area (Å²) in [5.74, 6) is -0.825. The second kappa shape index (κ2) is 17.3. The standard InChI is InChI=1S/C20H34O10/c1-15(29-19(23)25-3)27-17(21)13-11-9-7-5-6-8-10-12-14-18(22)28-16(2)30-20(24)26-4/h15-16H,5-14H2,1-4H3. The van der Waals surface area contributed by atoms with Crippen molar-refractivity contribution in [3.63, 3.8) is 0 Å². The van der Waals surface area contributed by atoms with E-state index in [4.69, 9.17) is 9.47 Å². The van der Waals surface area contributed by atoms with E-state index in [0.29, 0.717) is 12.8 Å². The molecule has 0 radical (unpaired) electrons. The quantitative estimate of drug-likeness (QED) is 0.160. The van der Waals surface area contributed by atoms with Crippen molar-refractivity contribution < 1.29 is 47.6 Å². The third-order valence-electron chi connectivity index (χ3n) is 3.96. The molecule has 0 spiro atoms. The molecule has 0 aliphatic rings. The average molecular weight is 434 g/mol. The highest BCUT2D eigenvalue weighted by Gasteiger charge is 2.14. The van der Waals surface area contributed by atoms with Gasteiger partial charge in [-0.1, -0.05) is 38.5 Å². The second-order valence-corrected chi connectivity index (χ2v) is 6.59. The fourth-order valence-electron chi connectivity index (χ4n) is 2.50.